The van der Waals surface area contributed by atoms with Crippen LogP contribution in [0.2, 0.25) is 5.02 Å². The first-order valence-corrected chi connectivity index (χ1v) is 5.68. The van der Waals surface area contributed by atoms with Crippen LogP contribution in [-0.2, 0) is 9.84 Å². The van der Waals surface area contributed by atoms with Gasteiger partial charge in [0, 0.05) is 5.02 Å². The molecule has 1 aromatic rings. The van der Waals surface area contributed by atoms with E-state index in [1.165, 1.54) is 24.3 Å². The van der Waals surface area contributed by atoms with E-state index < -0.39 is 9.84 Å². The predicted octanol–water partition coefficient (Wildman–Crippen LogP) is 1.11. The molecule has 5 heteroatoms. The minimum Gasteiger partial charge on any atom is -0.395 e. The number of aliphatic hydroxyl groups is 1. The number of aliphatic hydroxyl groups excluding tert-OH is 1. The zero-order valence-corrected chi connectivity index (χ0v) is 8.35. The van der Waals surface area contributed by atoms with Gasteiger partial charge < -0.3 is 5.11 Å². The van der Waals surface area contributed by atoms with E-state index in [4.69, 9.17) is 16.7 Å². The third-order valence-corrected chi connectivity index (χ3v) is 3.50. The van der Waals surface area contributed by atoms with Gasteiger partial charge in [-0.1, -0.05) is 11.6 Å². The Morgan fingerprint density at radius 2 is 1.77 bits per heavy atom. The number of halogens is 1. The Kier molecular flexibility index (Phi) is 3.30. The number of hydrogen-bond donors (Lipinski definition) is 1. The van der Waals surface area contributed by atoms with Gasteiger partial charge >= 0.3 is 0 Å². The lowest BCUT2D eigenvalue weighted by atomic mass is 10.4. The van der Waals surface area contributed by atoms with E-state index in [1.54, 1.807) is 0 Å². The lowest BCUT2D eigenvalue weighted by molar-refractivity contribution is 0.319. The molecule has 0 radical (unpaired) electrons. The van der Waals surface area contributed by atoms with Gasteiger partial charge in [-0.2, -0.15) is 0 Å². The van der Waals surface area contributed by atoms with Crippen LogP contribution in [0.4, 0.5) is 0 Å². The second-order valence-electron chi connectivity index (χ2n) is 2.50. The van der Waals surface area contributed by atoms with E-state index in [0.717, 1.165) is 0 Å². The van der Waals surface area contributed by atoms with Gasteiger partial charge in [-0.15, -0.1) is 0 Å². The van der Waals surface area contributed by atoms with Crippen LogP contribution in [0.25, 0.3) is 0 Å². The Balaban J connectivity index is 3.02. The summed E-state index contributed by atoms with van der Waals surface area (Å²) in [5.74, 6) is -0.255. The lowest BCUT2D eigenvalue weighted by Crippen LogP contribution is -2.09. The largest absolute Gasteiger partial charge is 0.395 e. The highest BCUT2D eigenvalue weighted by molar-refractivity contribution is 7.91. The molecule has 0 saturated carbocycles. The van der Waals surface area contributed by atoms with E-state index >= 15 is 0 Å². The van der Waals surface area contributed by atoms with Crippen LogP contribution in [0.15, 0.2) is 29.2 Å². The summed E-state index contributed by atoms with van der Waals surface area (Å²) in [4.78, 5) is 0.186. The molecular weight excluding hydrogens is 212 g/mol. The van der Waals surface area contributed by atoms with Crippen molar-refractivity contribution in [1.29, 1.82) is 0 Å². The molecule has 0 atom stereocenters. The molecular formula is C8H9ClO3S. The average molecular weight is 221 g/mol. The summed E-state index contributed by atoms with van der Waals surface area (Å²) < 4.78 is 22.7. The van der Waals surface area contributed by atoms with Crippen molar-refractivity contribution in [3.63, 3.8) is 0 Å². The van der Waals surface area contributed by atoms with Crippen LogP contribution >= 0.6 is 11.6 Å². The third-order valence-electron chi connectivity index (χ3n) is 1.53. The van der Waals surface area contributed by atoms with Crippen molar-refractivity contribution in [2.75, 3.05) is 12.4 Å². The average Bonchev–Trinajstić information content (AvgIpc) is 2.05. The van der Waals surface area contributed by atoms with E-state index in [9.17, 15) is 8.42 Å². The number of benzene rings is 1. The summed E-state index contributed by atoms with van der Waals surface area (Å²) in [5, 5.41) is 9.00. The maximum atomic E-state index is 11.3. The molecule has 1 N–H and O–H groups in total. The first kappa shape index (κ1) is 10.5. The highest BCUT2D eigenvalue weighted by Crippen LogP contribution is 2.14. The molecule has 0 amide bonds. The van der Waals surface area contributed by atoms with Crippen molar-refractivity contribution in [3.05, 3.63) is 29.3 Å². The molecule has 0 spiro atoms. The highest BCUT2D eigenvalue weighted by atomic mass is 35.5. The number of sulfone groups is 1. The van der Waals surface area contributed by atoms with Crippen molar-refractivity contribution in [2.45, 2.75) is 4.90 Å². The molecule has 3 nitrogen and oxygen atoms in total. The topological polar surface area (TPSA) is 54.4 Å². The Morgan fingerprint density at radius 3 is 2.23 bits per heavy atom. The summed E-state index contributed by atoms with van der Waals surface area (Å²) in [6, 6.07) is 5.86. The normalized spacial score (nSPS) is 11.5. The minimum atomic E-state index is -3.34. The fourth-order valence-electron chi connectivity index (χ4n) is 0.880. The third kappa shape index (κ3) is 2.69. The monoisotopic (exact) mass is 220 g/mol. The van der Waals surface area contributed by atoms with Gasteiger partial charge in [0.05, 0.1) is 17.3 Å². The molecule has 13 heavy (non-hydrogen) atoms. The molecule has 0 heterocycles. The SMILES string of the molecule is O=S(=O)(CCO)c1ccc(Cl)cc1. The van der Waals surface area contributed by atoms with Crippen LogP contribution in [0, 0.1) is 0 Å². The van der Waals surface area contributed by atoms with E-state index in [1.807, 2.05) is 0 Å². The molecule has 0 bridgehead atoms. The zero-order chi connectivity index (χ0) is 9.90. The zero-order valence-electron chi connectivity index (χ0n) is 6.77. The Hall–Kier alpha value is -0.580. The maximum absolute atomic E-state index is 11.3. The molecule has 0 aliphatic rings. The summed E-state index contributed by atoms with van der Waals surface area (Å²) in [6.45, 7) is -0.370. The maximum Gasteiger partial charge on any atom is 0.180 e. The highest BCUT2D eigenvalue weighted by Gasteiger charge is 2.12. The quantitative estimate of drug-likeness (QED) is 0.830. The first-order valence-electron chi connectivity index (χ1n) is 3.65. The van der Waals surface area contributed by atoms with Crippen molar-refractivity contribution >= 4 is 21.4 Å². The van der Waals surface area contributed by atoms with Gasteiger partial charge in [0.1, 0.15) is 0 Å². The molecule has 0 aromatic heterocycles. The van der Waals surface area contributed by atoms with Crippen molar-refractivity contribution in [1.82, 2.24) is 0 Å². The van der Waals surface area contributed by atoms with E-state index in [0.29, 0.717) is 5.02 Å². The molecule has 0 saturated heterocycles. The Morgan fingerprint density at radius 1 is 1.23 bits per heavy atom. The van der Waals surface area contributed by atoms with Gasteiger partial charge in [-0.25, -0.2) is 8.42 Å². The van der Waals surface area contributed by atoms with Crippen molar-refractivity contribution in [3.8, 4) is 0 Å². The molecule has 0 aliphatic heterocycles. The summed E-state index contributed by atoms with van der Waals surface area (Å²) in [5.41, 5.74) is 0. The minimum absolute atomic E-state index is 0.186. The van der Waals surface area contributed by atoms with Gasteiger partial charge in [0.15, 0.2) is 9.84 Å². The molecule has 72 valence electrons. The molecule has 0 unspecified atom stereocenters. The summed E-state index contributed by atoms with van der Waals surface area (Å²) in [7, 11) is -3.34. The second-order valence-corrected chi connectivity index (χ2v) is 5.04. The Bertz CT molecular complexity index is 369. The summed E-state index contributed by atoms with van der Waals surface area (Å²) >= 11 is 5.59. The van der Waals surface area contributed by atoms with Crippen LogP contribution in [0.1, 0.15) is 0 Å². The van der Waals surface area contributed by atoms with Crippen LogP contribution in [0.3, 0.4) is 0 Å². The molecule has 1 rings (SSSR count). The fraction of sp³-hybridized carbons (Fsp3) is 0.250. The van der Waals surface area contributed by atoms with Gasteiger partial charge in [0.25, 0.3) is 0 Å². The van der Waals surface area contributed by atoms with Crippen LogP contribution in [-0.4, -0.2) is 25.9 Å². The second kappa shape index (κ2) is 4.09. The molecule has 1 aromatic carbocycles. The van der Waals surface area contributed by atoms with Crippen molar-refractivity contribution < 1.29 is 13.5 Å². The van der Waals surface area contributed by atoms with Crippen LogP contribution in [0.5, 0.6) is 0 Å². The van der Waals surface area contributed by atoms with Crippen molar-refractivity contribution in [2.24, 2.45) is 0 Å². The standard InChI is InChI=1S/C8H9ClO3S/c9-7-1-3-8(4-2-7)13(11,12)6-5-10/h1-4,10H,5-6H2. The van der Waals surface area contributed by atoms with E-state index in [2.05, 4.69) is 0 Å². The molecule has 0 fully saturated rings. The molecule has 0 aliphatic carbocycles. The van der Waals surface area contributed by atoms with Gasteiger partial charge in [0.2, 0.25) is 0 Å². The predicted molar refractivity (Wildman–Crippen MR) is 50.6 cm³/mol. The van der Waals surface area contributed by atoms with Crippen LogP contribution < -0.4 is 0 Å². The van der Waals surface area contributed by atoms with Gasteiger partial charge in [-0.05, 0) is 24.3 Å². The fourth-order valence-corrected chi connectivity index (χ4v) is 2.03. The smallest absolute Gasteiger partial charge is 0.180 e. The lowest BCUT2D eigenvalue weighted by Gasteiger charge is -2.01. The number of rotatable bonds is 3. The summed E-state index contributed by atoms with van der Waals surface area (Å²) in [6.07, 6.45) is 0. The van der Waals surface area contributed by atoms with Gasteiger partial charge in [-0.3, -0.25) is 0 Å². The van der Waals surface area contributed by atoms with E-state index in [-0.39, 0.29) is 17.3 Å². The number of hydrogen-bond acceptors (Lipinski definition) is 3. The first-order chi connectivity index (χ1) is 6.06. The Labute approximate surface area is 81.9 Å².